The van der Waals surface area contributed by atoms with Crippen LogP contribution < -0.4 is 14.8 Å². The molecule has 2 amide bonds. The number of carbonyl (C=O) groups excluding carboxylic acids is 1. The number of furan rings is 1. The molecule has 0 saturated heterocycles. The number of nitrogens with zero attached hydrogens (tertiary/aromatic N) is 1. The maximum absolute atomic E-state index is 12.7. The molecular weight excluding hydrogens is 344 g/mol. The summed E-state index contributed by atoms with van der Waals surface area (Å²) in [6.07, 6.45) is 0.770. The first-order valence-corrected chi connectivity index (χ1v) is 8.80. The van der Waals surface area contributed by atoms with Crippen LogP contribution in [-0.4, -0.2) is 32.2 Å². The average molecular weight is 368 g/mol. The largest absolute Gasteiger partial charge is 0.497 e. The minimum absolute atomic E-state index is 0.224. The van der Waals surface area contributed by atoms with E-state index in [2.05, 4.69) is 5.32 Å². The molecule has 0 fully saturated rings. The number of nitrogens with one attached hydrogen (secondary N) is 1. The van der Waals surface area contributed by atoms with Gasteiger partial charge in [-0.15, -0.1) is 0 Å². The van der Waals surface area contributed by atoms with Crippen molar-refractivity contribution < 1.29 is 18.7 Å². The number of methoxy groups -OCH3 is 2. The van der Waals surface area contributed by atoms with Gasteiger partial charge in [0.25, 0.3) is 0 Å². The summed E-state index contributed by atoms with van der Waals surface area (Å²) < 4.78 is 16.4. The molecule has 0 unspecified atom stereocenters. The molecule has 6 heteroatoms. The number of benzene rings is 2. The first-order chi connectivity index (χ1) is 13.0. The Morgan fingerprint density at radius 1 is 1.11 bits per heavy atom. The van der Waals surface area contributed by atoms with Gasteiger partial charge >= 0.3 is 6.03 Å². The molecule has 142 valence electrons. The number of hydrogen-bond acceptors (Lipinski definition) is 4. The highest BCUT2D eigenvalue weighted by atomic mass is 16.5. The van der Waals surface area contributed by atoms with Gasteiger partial charge in [-0.1, -0.05) is 25.1 Å². The van der Waals surface area contributed by atoms with E-state index in [1.807, 2.05) is 31.2 Å². The number of anilines is 1. The minimum atomic E-state index is -0.224. The molecule has 0 radical (unpaired) electrons. The number of fused-ring (bicyclic) bond motifs is 1. The van der Waals surface area contributed by atoms with Gasteiger partial charge in [0.15, 0.2) is 0 Å². The van der Waals surface area contributed by atoms with E-state index in [9.17, 15) is 4.79 Å². The Balaban J connectivity index is 1.79. The highest BCUT2D eigenvalue weighted by Gasteiger charge is 2.17. The number of para-hydroxylation sites is 1. The minimum Gasteiger partial charge on any atom is -0.497 e. The third kappa shape index (κ3) is 4.00. The number of amides is 2. The maximum atomic E-state index is 12.7. The smallest absolute Gasteiger partial charge is 0.321 e. The number of hydrogen-bond donors (Lipinski definition) is 1. The molecule has 0 aliphatic rings. The van der Waals surface area contributed by atoms with Crippen molar-refractivity contribution in [2.75, 3.05) is 26.6 Å². The standard InChI is InChI=1S/C21H24N2O4/c1-5-19-18(17-8-6-7-9-20(17)27-19)13-23(2)21(24)22-14-10-15(25-3)12-16(11-14)26-4/h6-12H,5,13H2,1-4H3,(H,22,24). The molecule has 27 heavy (non-hydrogen) atoms. The lowest BCUT2D eigenvalue weighted by molar-refractivity contribution is 0.220. The Kier molecular flexibility index (Phi) is 5.54. The fraction of sp³-hybridized carbons (Fsp3) is 0.286. The number of ether oxygens (including phenoxy) is 2. The van der Waals surface area contributed by atoms with Gasteiger partial charge in [0.05, 0.1) is 20.8 Å². The van der Waals surface area contributed by atoms with Crippen molar-refractivity contribution in [3.8, 4) is 11.5 Å². The van der Waals surface area contributed by atoms with E-state index in [0.29, 0.717) is 23.7 Å². The van der Waals surface area contributed by atoms with Crippen molar-refractivity contribution in [1.82, 2.24) is 4.90 Å². The van der Waals surface area contributed by atoms with Crippen LogP contribution >= 0.6 is 0 Å². The summed E-state index contributed by atoms with van der Waals surface area (Å²) in [6.45, 7) is 2.50. The molecule has 0 saturated carbocycles. The van der Waals surface area contributed by atoms with E-state index in [4.69, 9.17) is 13.9 Å². The Bertz CT molecular complexity index is 926. The van der Waals surface area contributed by atoms with E-state index in [1.165, 1.54) is 0 Å². The molecule has 1 N–H and O–H groups in total. The first kappa shape index (κ1) is 18.6. The first-order valence-electron chi connectivity index (χ1n) is 8.80. The van der Waals surface area contributed by atoms with Crippen LogP contribution in [0.1, 0.15) is 18.2 Å². The van der Waals surface area contributed by atoms with Gasteiger partial charge < -0.3 is 24.1 Å². The zero-order chi connectivity index (χ0) is 19.4. The van der Waals surface area contributed by atoms with Crippen LogP contribution in [0.4, 0.5) is 10.5 Å². The number of urea groups is 1. The van der Waals surface area contributed by atoms with E-state index in [-0.39, 0.29) is 6.03 Å². The second kappa shape index (κ2) is 8.03. The summed E-state index contributed by atoms with van der Waals surface area (Å²) in [5.74, 6) is 2.13. The fourth-order valence-corrected chi connectivity index (χ4v) is 3.02. The summed E-state index contributed by atoms with van der Waals surface area (Å²) >= 11 is 0. The summed E-state index contributed by atoms with van der Waals surface area (Å²) in [7, 11) is 4.90. The Morgan fingerprint density at radius 3 is 2.41 bits per heavy atom. The number of carbonyl (C=O) groups is 1. The van der Waals surface area contributed by atoms with Gasteiger partial charge in [-0.25, -0.2) is 4.79 Å². The Morgan fingerprint density at radius 2 is 1.78 bits per heavy atom. The summed E-state index contributed by atoms with van der Waals surface area (Å²) in [4.78, 5) is 14.3. The molecule has 1 heterocycles. The summed E-state index contributed by atoms with van der Waals surface area (Å²) in [5, 5.41) is 3.92. The van der Waals surface area contributed by atoms with Crippen LogP contribution in [0.15, 0.2) is 46.9 Å². The Labute approximate surface area is 158 Å². The lowest BCUT2D eigenvalue weighted by Crippen LogP contribution is -2.31. The van der Waals surface area contributed by atoms with Gasteiger partial charge in [-0.2, -0.15) is 0 Å². The monoisotopic (exact) mass is 368 g/mol. The molecular formula is C21H24N2O4. The molecule has 0 aliphatic heterocycles. The lowest BCUT2D eigenvalue weighted by atomic mass is 10.1. The lowest BCUT2D eigenvalue weighted by Gasteiger charge is -2.19. The van der Waals surface area contributed by atoms with Crippen molar-refractivity contribution in [2.24, 2.45) is 0 Å². The normalized spacial score (nSPS) is 10.7. The highest BCUT2D eigenvalue weighted by molar-refractivity contribution is 5.90. The average Bonchev–Trinajstić information content (AvgIpc) is 3.05. The van der Waals surface area contributed by atoms with Crippen molar-refractivity contribution in [3.05, 3.63) is 53.8 Å². The zero-order valence-corrected chi connectivity index (χ0v) is 16.0. The van der Waals surface area contributed by atoms with Crippen LogP contribution in [0, 0.1) is 0 Å². The fourth-order valence-electron chi connectivity index (χ4n) is 3.02. The number of rotatable bonds is 6. The van der Waals surface area contributed by atoms with Crippen molar-refractivity contribution in [3.63, 3.8) is 0 Å². The molecule has 3 rings (SSSR count). The summed E-state index contributed by atoms with van der Waals surface area (Å²) in [6, 6.07) is 12.9. The van der Waals surface area contributed by atoms with Gasteiger partial charge in [-0.05, 0) is 6.07 Å². The Hall–Kier alpha value is -3.15. The predicted octanol–water partition coefficient (Wildman–Crippen LogP) is 4.68. The van der Waals surface area contributed by atoms with E-state index in [1.54, 1.807) is 44.4 Å². The van der Waals surface area contributed by atoms with Crippen LogP contribution in [0.3, 0.4) is 0 Å². The second-order valence-corrected chi connectivity index (χ2v) is 6.24. The van der Waals surface area contributed by atoms with Gasteiger partial charge in [0, 0.05) is 48.3 Å². The topological polar surface area (TPSA) is 63.9 Å². The second-order valence-electron chi connectivity index (χ2n) is 6.24. The molecule has 6 nitrogen and oxygen atoms in total. The van der Waals surface area contributed by atoms with Gasteiger partial charge in [-0.3, -0.25) is 0 Å². The van der Waals surface area contributed by atoms with Crippen LogP contribution in [0.5, 0.6) is 11.5 Å². The zero-order valence-electron chi connectivity index (χ0n) is 16.0. The van der Waals surface area contributed by atoms with E-state index in [0.717, 1.165) is 28.7 Å². The highest BCUT2D eigenvalue weighted by Crippen LogP contribution is 2.28. The molecule has 3 aromatic rings. The molecule has 0 aliphatic carbocycles. The van der Waals surface area contributed by atoms with Crippen LogP contribution in [0.2, 0.25) is 0 Å². The van der Waals surface area contributed by atoms with Crippen molar-refractivity contribution in [2.45, 2.75) is 19.9 Å². The molecule has 1 aromatic heterocycles. The predicted molar refractivity (Wildman–Crippen MR) is 106 cm³/mol. The van der Waals surface area contributed by atoms with Gasteiger partial charge in [0.1, 0.15) is 22.8 Å². The molecule has 0 atom stereocenters. The quantitative estimate of drug-likeness (QED) is 0.686. The third-order valence-electron chi connectivity index (χ3n) is 4.45. The third-order valence-corrected chi connectivity index (χ3v) is 4.45. The number of aryl methyl sites for hydroxylation is 1. The SMILES string of the molecule is CCc1oc2ccccc2c1CN(C)C(=O)Nc1cc(OC)cc(OC)c1. The van der Waals surface area contributed by atoms with E-state index >= 15 is 0 Å². The van der Waals surface area contributed by atoms with Crippen molar-refractivity contribution in [1.29, 1.82) is 0 Å². The molecule has 2 aromatic carbocycles. The van der Waals surface area contributed by atoms with Crippen molar-refractivity contribution >= 4 is 22.7 Å². The molecule has 0 spiro atoms. The maximum Gasteiger partial charge on any atom is 0.321 e. The van der Waals surface area contributed by atoms with Crippen LogP contribution in [-0.2, 0) is 13.0 Å². The molecule has 0 bridgehead atoms. The van der Waals surface area contributed by atoms with Gasteiger partial charge in [0.2, 0.25) is 0 Å². The van der Waals surface area contributed by atoms with E-state index < -0.39 is 0 Å². The van der Waals surface area contributed by atoms with Crippen LogP contribution in [0.25, 0.3) is 11.0 Å². The summed E-state index contributed by atoms with van der Waals surface area (Å²) in [5.41, 5.74) is 2.49.